The van der Waals surface area contributed by atoms with Gasteiger partial charge in [-0.25, -0.2) is 0 Å². The Labute approximate surface area is 54.9 Å². The van der Waals surface area contributed by atoms with Gasteiger partial charge in [0.2, 0.25) is 11.8 Å². The van der Waals surface area contributed by atoms with Crippen LogP contribution < -0.4 is 5.32 Å². The molecule has 1 fully saturated rings. The van der Waals surface area contributed by atoms with Crippen LogP contribution in [0.3, 0.4) is 0 Å². The van der Waals surface area contributed by atoms with Crippen molar-refractivity contribution in [3.63, 3.8) is 0 Å². The molecule has 3 heteroatoms. The maximum atomic E-state index is 10.7. The van der Waals surface area contributed by atoms with E-state index in [9.17, 15) is 9.59 Å². The normalized spacial score (nSPS) is 27.9. The van der Waals surface area contributed by atoms with Crippen molar-refractivity contribution in [1.29, 1.82) is 0 Å². The van der Waals surface area contributed by atoms with Gasteiger partial charge in [-0.05, 0) is 6.42 Å². The van der Waals surface area contributed by atoms with Gasteiger partial charge in [-0.3, -0.25) is 14.9 Å². The summed E-state index contributed by atoms with van der Waals surface area (Å²) in [6.07, 6.45) is 1.19. The molecule has 52 valence electrons. The van der Waals surface area contributed by atoms with Crippen LogP contribution in [0.25, 0.3) is 0 Å². The first-order chi connectivity index (χ1) is 4.20. The summed E-state index contributed by atoms with van der Waals surface area (Å²) in [5.41, 5.74) is 0. The largest absolute Gasteiger partial charge is 0.296 e. The highest BCUT2D eigenvalue weighted by Crippen LogP contribution is 2.09. The lowest BCUT2D eigenvalue weighted by atomic mass is 10.0. The lowest BCUT2D eigenvalue weighted by molar-refractivity contribution is -0.135. The van der Waals surface area contributed by atoms with E-state index < -0.39 is 0 Å². The minimum atomic E-state index is -0.141. The summed E-state index contributed by atoms with van der Waals surface area (Å²) in [7, 11) is 0. The highest BCUT2D eigenvalue weighted by atomic mass is 16.2. The summed E-state index contributed by atoms with van der Waals surface area (Å²) < 4.78 is 0. The van der Waals surface area contributed by atoms with Crippen molar-refractivity contribution in [3.05, 3.63) is 0 Å². The number of nitrogens with one attached hydrogen (secondary N) is 1. The SMILES string of the molecule is CC1CCC(=O)NC1=O.[HH]. The van der Waals surface area contributed by atoms with Gasteiger partial charge in [0, 0.05) is 13.8 Å². The Bertz CT molecular complexity index is 158. The fourth-order valence-corrected chi connectivity index (χ4v) is 0.802. The molecule has 9 heavy (non-hydrogen) atoms. The summed E-state index contributed by atoms with van der Waals surface area (Å²) in [5.74, 6) is -0.257. The Morgan fingerprint density at radius 3 is 2.78 bits per heavy atom. The highest BCUT2D eigenvalue weighted by Gasteiger charge is 2.21. The van der Waals surface area contributed by atoms with Crippen LogP contribution in [0.4, 0.5) is 0 Å². The zero-order chi connectivity index (χ0) is 6.85. The molecule has 0 aromatic heterocycles. The van der Waals surface area contributed by atoms with Gasteiger partial charge in [-0.2, -0.15) is 0 Å². The van der Waals surface area contributed by atoms with Crippen molar-refractivity contribution >= 4 is 11.8 Å². The van der Waals surface area contributed by atoms with Crippen LogP contribution in [0.15, 0.2) is 0 Å². The summed E-state index contributed by atoms with van der Waals surface area (Å²) in [5, 5.41) is 2.25. The van der Waals surface area contributed by atoms with Crippen molar-refractivity contribution in [1.82, 2.24) is 5.32 Å². The van der Waals surface area contributed by atoms with Gasteiger partial charge in [0.15, 0.2) is 0 Å². The predicted octanol–water partition coefficient (Wildman–Crippen LogP) is 0.305. The average molecular weight is 129 g/mol. The topological polar surface area (TPSA) is 46.2 Å². The fourth-order valence-electron chi connectivity index (χ4n) is 0.802. The maximum Gasteiger partial charge on any atom is 0.229 e. The summed E-state index contributed by atoms with van der Waals surface area (Å²) >= 11 is 0. The zero-order valence-corrected chi connectivity index (χ0v) is 5.31. The molecule has 0 aromatic carbocycles. The molecule has 1 heterocycles. The molecule has 1 N–H and O–H groups in total. The van der Waals surface area contributed by atoms with E-state index in [1.165, 1.54) is 0 Å². The van der Waals surface area contributed by atoms with E-state index >= 15 is 0 Å². The molecule has 1 aliphatic heterocycles. The summed E-state index contributed by atoms with van der Waals surface area (Å²) in [6.45, 7) is 1.82. The summed E-state index contributed by atoms with van der Waals surface area (Å²) in [4.78, 5) is 21.2. The lowest BCUT2D eigenvalue weighted by Crippen LogP contribution is -2.39. The molecule has 0 bridgehead atoms. The first kappa shape index (κ1) is 6.26. The third-order valence-electron chi connectivity index (χ3n) is 1.51. The van der Waals surface area contributed by atoms with Gasteiger partial charge >= 0.3 is 0 Å². The van der Waals surface area contributed by atoms with Crippen molar-refractivity contribution in [3.8, 4) is 0 Å². The molecule has 0 aromatic rings. The molecular formula is C6H11NO2. The van der Waals surface area contributed by atoms with E-state index in [0.29, 0.717) is 12.8 Å². The number of amides is 2. The Morgan fingerprint density at radius 2 is 2.33 bits per heavy atom. The molecule has 1 aliphatic rings. The van der Waals surface area contributed by atoms with Crippen molar-refractivity contribution in [2.45, 2.75) is 19.8 Å². The molecular weight excluding hydrogens is 118 g/mol. The van der Waals surface area contributed by atoms with Crippen LogP contribution in [0.1, 0.15) is 21.2 Å². The standard InChI is InChI=1S/C6H9NO2.H2/c1-4-2-3-5(8)7-6(4)9;/h4H,2-3H2,1H3,(H,7,8,9);1H. The summed E-state index contributed by atoms with van der Waals surface area (Å²) in [6, 6.07) is 0. The molecule has 3 nitrogen and oxygen atoms in total. The monoisotopic (exact) mass is 129 g/mol. The Hall–Kier alpha value is -0.860. The number of imide groups is 1. The molecule has 1 rings (SSSR count). The van der Waals surface area contributed by atoms with Gasteiger partial charge in [0.1, 0.15) is 0 Å². The van der Waals surface area contributed by atoms with E-state index in [1.54, 1.807) is 0 Å². The van der Waals surface area contributed by atoms with E-state index in [0.717, 1.165) is 0 Å². The van der Waals surface area contributed by atoms with Crippen molar-refractivity contribution in [2.24, 2.45) is 5.92 Å². The zero-order valence-electron chi connectivity index (χ0n) is 5.31. The predicted molar refractivity (Wildman–Crippen MR) is 33.7 cm³/mol. The lowest BCUT2D eigenvalue weighted by Gasteiger charge is -2.15. The maximum absolute atomic E-state index is 10.7. The van der Waals surface area contributed by atoms with Crippen LogP contribution in [0, 0.1) is 5.92 Å². The van der Waals surface area contributed by atoms with E-state index in [-0.39, 0.29) is 19.2 Å². The second kappa shape index (κ2) is 2.17. The average Bonchev–Trinajstić information content (AvgIpc) is 1.80. The van der Waals surface area contributed by atoms with Crippen LogP contribution in [0.5, 0.6) is 0 Å². The van der Waals surface area contributed by atoms with Gasteiger partial charge in [0.25, 0.3) is 0 Å². The van der Waals surface area contributed by atoms with Crippen LogP contribution in [0.2, 0.25) is 0 Å². The number of hydrogen-bond donors (Lipinski definition) is 1. The molecule has 0 spiro atoms. The Morgan fingerprint density at radius 1 is 1.67 bits per heavy atom. The number of rotatable bonds is 0. The van der Waals surface area contributed by atoms with Gasteiger partial charge in [-0.1, -0.05) is 6.92 Å². The quantitative estimate of drug-likeness (QED) is 0.478. The molecule has 1 atom stereocenters. The van der Waals surface area contributed by atoms with E-state index in [4.69, 9.17) is 0 Å². The van der Waals surface area contributed by atoms with Crippen LogP contribution >= 0.6 is 0 Å². The minimum Gasteiger partial charge on any atom is -0.296 e. The second-order valence-electron chi connectivity index (χ2n) is 2.35. The third-order valence-corrected chi connectivity index (χ3v) is 1.51. The number of piperidine rings is 1. The second-order valence-corrected chi connectivity index (χ2v) is 2.35. The van der Waals surface area contributed by atoms with E-state index in [1.807, 2.05) is 6.92 Å². The van der Waals surface area contributed by atoms with Gasteiger partial charge in [0.05, 0.1) is 0 Å². The molecule has 1 unspecified atom stereocenters. The van der Waals surface area contributed by atoms with Crippen molar-refractivity contribution < 1.29 is 11.0 Å². The number of hydrogen-bond acceptors (Lipinski definition) is 2. The molecule has 0 saturated carbocycles. The minimum absolute atomic E-state index is 0. The first-order valence-corrected chi connectivity index (χ1v) is 3.04. The number of carbonyl (C=O) groups excluding carboxylic acids is 2. The molecule has 0 radical (unpaired) electrons. The Balaban J connectivity index is 0.000000810. The third kappa shape index (κ3) is 1.28. The van der Waals surface area contributed by atoms with Crippen LogP contribution in [-0.2, 0) is 9.59 Å². The molecule has 1 saturated heterocycles. The smallest absolute Gasteiger partial charge is 0.229 e. The molecule has 0 aliphatic carbocycles. The fraction of sp³-hybridized carbons (Fsp3) is 0.667. The van der Waals surface area contributed by atoms with Gasteiger partial charge < -0.3 is 0 Å². The van der Waals surface area contributed by atoms with Crippen molar-refractivity contribution in [2.75, 3.05) is 0 Å². The highest BCUT2D eigenvalue weighted by molar-refractivity contribution is 5.98. The van der Waals surface area contributed by atoms with E-state index in [2.05, 4.69) is 5.32 Å². The van der Waals surface area contributed by atoms with Crippen LogP contribution in [-0.4, -0.2) is 11.8 Å². The molecule has 2 amide bonds. The number of carbonyl (C=O) groups is 2. The first-order valence-electron chi connectivity index (χ1n) is 3.04. The van der Waals surface area contributed by atoms with Gasteiger partial charge in [-0.15, -0.1) is 0 Å². The Kier molecular flexibility index (Phi) is 1.51.